The molecule has 1 saturated heterocycles. The topological polar surface area (TPSA) is 45.7 Å². The van der Waals surface area contributed by atoms with Crippen molar-refractivity contribution in [2.45, 2.75) is 90.8 Å². The van der Waals surface area contributed by atoms with Gasteiger partial charge in [-0.1, -0.05) is 26.3 Å². The number of carbonyl (C=O) groups excluding carboxylic acids is 1. The second-order valence-corrected chi connectivity index (χ2v) is 9.79. The molecule has 1 aliphatic heterocycles. The quantitative estimate of drug-likeness (QED) is 0.664. The van der Waals surface area contributed by atoms with Gasteiger partial charge in [0, 0.05) is 24.8 Å². The van der Waals surface area contributed by atoms with Crippen LogP contribution in [0, 0.1) is 5.92 Å². The van der Waals surface area contributed by atoms with Gasteiger partial charge in [-0.15, -0.1) is 0 Å². The van der Waals surface area contributed by atoms with Gasteiger partial charge in [-0.2, -0.15) is 0 Å². The summed E-state index contributed by atoms with van der Waals surface area (Å²) in [6.07, 6.45) is 8.64. The van der Waals surface area contributed by atoms with Gasteiger partial charge in [0.1, 0.15) is 11.4 Å². The standard InChI is InChI=1S/C23H37N3O2/c1-17(2)16-25-14-7-6-11-20(25)18-12-13-21(24-15-18)26(19-9-8-10-19)22(27)28-23(3,4)5/h12-13,15,17,19-20H,6-11,14,16H2,1-5H3/t20-/m1/s1. The maximum Gasteiger partial charge on any atom is 0.416 e. The fraction of sp³-hybridized carbons (Fsp3) is 0.739. The number of hydrogen-bond acceptors (Lipinski definition) is 4. The molecule has 2 heterocycles. The third-order valence-corrected chi connectivity index (χ3v) is 5.65. The van der Waals surface area contributed by atoms with Gasteiger partial charge < -0.3 is 4.74 Å². The molecule has 28 heavy (non-hydrogen) atoms. The Kier molecular flexibility index (Phi) is 6.64. The van der Waals surface area contributed by atoms with Crippen molar-refractivity contribution in [2.24, 2.45) is 5.92 Å². The first kappa shape index (κ1) is 21.1. The number of ether oxygens (including phenoxy) is 1. The summed E-state index contributed by atoms with van der Waals surface area (Å²) in [7, 11) is 0. The average molecular weight is 388 g/mol. The summed E-state index contributed by atoms with van der Waals surface area (Å²) < 4.78 is 5.66. The second kappa shape index (κ2) is 8.81. The molecular formula is C23H37N3O2. The van der Waals surface area contributed by atoms with E-state index < -0.39 is 5.60 Å². The summed E-state index contributed by atoms with van der Waals surface area (Å²) in [6, 6.07) is 4.83. The lowest BCUT2D eigenvalue weighted by molar-refractivity contribution is 0.0548. The smallest absolute Gasteiger partial charge is 0.416 e. The molecule has 0 spiro atoms. The molecule has 2 aliphatic rings. The maximum absolute atomic E-state index is 12.8. The van der Waals surface area contributed by atoms with E-state index in [9.17, 15) is 4.79 Å². The van der Waals surface area contributed by atoms with Crippen molar-refractivity contribution in [1.29, 1.82) is 0 Å². The highest BCUT2D eigenvalue weighted by molar-refractivity contribution is 5.87. The molecule has 5 nitrogen and oxygen atoms in total. The highest BCUT2D eigenvalue weighted by Gasteiger charge is 2.34. The van der Waals surface area contributed by atoms with Crippen LogP contribution in [0.2, 0.25) is 0 Å². The van der Waals surface area contributed by atoms with Crippen molar-refractivity contribution in [3.8, 4) is 0 Å². The number of likely N-dealkylation sites (tertiary alicyclic amines) is 1. The van der Waals surface area contributed by atoms with E-state index in [4.69, 9.17) is 9.72 Å². The number of nitrogens with zero attached hydrogens (tertiary/aromatic N) is 3. The maximum atomic E-state index is 12.8. The number of amides is 1. The van der Waals surface area contributed by atoms with Crippen LogP contribution in [0.1, 0.15) is 84.7 Å². The number of piperidine rings is 1. The summed E-state index contributed by atoms with van der Waals surface area (Å²) in [5.41, 5.74) is 0.764. The summed E-state index contributed by atoms with van der Waals surface area (Å²) in [5, 5.41) is 0. The molecule has 1 saturated carbocycles. The summed E-state index contributed by atoms with van der Waals surface area (Å²) in [5.74, 6) is 1.38. The number of anilines is 1. The summed E-state index contributed by atoms with van der Waals surface area (Å²) in [6.45, 7) is 12.6. The largest absolute Gasteiger partial charge is 0.443 e. The number of hydrogen-bond donors (Lipinski definition) is 0. The Morgan fingerprint density at radius 3 is 2.50 bits per heavy atom. The molecule has 1 amide bonds. The first-order valence-electron chi connectivity index (χ1n) is 11.0. The zero-order valence-electron chi connectivity index (χ0n) is 18.3. The van der Waals surface area contributed by atoms with Gasteiger partial charge in [-0.3, -0.25) is 9.80 Å². The van der Waals surface area contributed by atoms with Crippen molar-refractivity contribution < 1.29 is 9.53 Å². The minimum atomic E-state index is -0.502. The van der Waals surface area contributed by atoms with E-state index in [2.05, 4.69) is 24.8 Å². The summed E-state index contributed by atoms with van der Waals surface area (Å²) in [4.78, 5) is 21.9. The normalized spacial score (nSPS) is 21.4. The van der Waals surface area contributed by atoms with Crippen LogP contribution in [0.15, 0.2) is 18.3 Å². The molecule has 1 atom stereocenters. The lowest BCUT2D eigenvalue weighted by atomic mass is 9.91. The molecule has 0 N–H and O–H groups in total. The van der Waals surface area contributed by atoms with E-state index in [0.717, 1.165) is 32.4 Å². The number of aromatic nitrogens is 1. The molecule has 5 heteroatoms. The van der Waals surface area contributed by atoms with E-state index in [1.54, 1.807) is 4.90 Å². The van der Waals surface area contributed by atoms with Crippen LogP contribution in [-0.4, -0.2) is 40.7 Å². The van der Waals surface area contributed by atoms with Crippen LogP contribution < -0.4 is 4.90 Å². The molecule has 0 radical (unpaired) electrons. The Morgan fingerprint density at radius 1 is 1.21 bits per heavy atom. The number of carbonyl (C=O) groups is 1. The second-order valence-electron chi connectivity index (χ2n) is 9.79. The van der Waals surface area contributed by atoms with E-state index in [1.807, 2.05) is 33.0 Å². The Morgan fingerprint density at radius 2 is 1.96 bits per heavy atom. The average Bonchev–Trinajstić information content (AvgIpc) is 2.56. The Balaban J connectivity index is 1.77. The van der Waals surface area contributed by atoms with Gasteiger partial charge in [-0.25, -0.2) is 9.78 Å². The van der Waals surface area contributed by atoms with Crippen LogP contribution in [0.5, 0.6) is 0 Å². The third-order valence-electron chi connectivity index (χ3n) is 5.65. The van der Waals surface area contributed by atoms with Gasteiger partial charge in [0.15, 0.2) is 0 Å². The van der Waals surface area contributed by atoms with Crippen LogP contribution in [0.3, 0.4) is 0 Å². The van der Waals surface area contributed by atoms with Crippen molar-refractivity contribution in [2.75, 3.05) is 18.0 Å². The van der Waals surface area contributed by atoms with Gasteiger partial charge in [0.2, 0.25) is 0 Å². The molecule has 156 valence electrons. The summed E-state index contributed by atoms with van der Waals surface area (Å²) >= 11 is 0. The number of pyridine rings is 1. The highest BCUT2D eigenvalue weighted by Crippen LogP contribution is 2.34. The van der Waals surface area contributed by atoms with Crippen LogP contribution in [-0.2, 0) is 4.74 Å². The van der Waals surface area contributed by atoms with Crippen molar-refractivity contribution in [1.82, 2.24) is 9.88 Å². The van der Waals surface area contributed by atoms with Crippen molar-refractivity contribution >= 4 is 11.9 Å². The van der Waals surface area contributed by atoms with Crippen molar-refractivity contribution in [3.05, 3.63) is 23.9 Å². The first-order chi connectivity index (χ1) is 13.2. The highest BCUT2D eigenvalue weighted by atomic mass is 16.6. The molecule has 1 aromatic heterocycles. The van der Waals surface area contributed by atoms with Crippen molar-refractivity contribution in [3.63, 3.8) is 0 Å². The third kappa shape index (κ3) is 5.25. The van der Waals surface area contributed by atoms with E-state index in [0.29, 0.717) is 17.8 Å². The zero-order valence-corrected chi connectivity index (χ0v) is 18.3. The Bertz CT molecular complexity index is 647. The van der Waals surface area contributed by atoms with E-state index in [-0.39, 0.29) is 12.1 Å². The zero-order chi connectivity index (χ0) is 20.3. The van der Waals surface area contributed by atoms with E-state index in [1.165, 1.54) is 24.8 Å². The SMILES string of the molecule is CC(C)CN1CCCC[C@@H]1c1ccc(N(C(=O)OC(C)(C)C)C2CCC2)nc1. The van der Waals surface area contributed by atoms with Crippen LogP contribution >= 0.6 is 0 Å². The molecule has 0 unspecified atom stereocenters. The predicted octanol–water partition coefficient (Wildman–Crippen LogP) is 5.56. The molecule has 2 fully saturated rings. The fourth-order valence-electron chi connectivity index (χ4n) is 4.18. The van der Waals surface area contributed by atoms with Crippen LogP contribution in [0.25, 0.3) is 0 Å². The molecule has 3 rings (SSSR count). The monoisotopic (exact) mass is 387 g/mol. The number of rotatable bonds is 5. The minimum Gasteiger partial charge on any atom is -0.443 e. The minimum absolute atomic E-state index is 0.209. The Labute approximate surface area is 170 Å². The molecule has 1 aromatic rings. The Hall–Kier alpha value is -1.62. The molecule has 1 aliphatic carbocycles. The fourth-order valence-corrected chi connectivity index (χ4v) is 4.18. The molecule has 0 bridgehead atoms. The molecule has 0 aromatic carbocycles. The lowest BCUT2D eigenvalue weighted by Crippen LogP contribution is -2.47. The first-order valence-corrected chi connectivity index (χ1v) is 11.0. The van der Waals surface area contributed by atoms with Gasteiger partial charge >= 0.3 is 6.09 Å². The van der Waals surface area contributed by atoms with Crippen LogP contribution in [0.4, 0.5) is 10.6 Å². The van der Waals surface area contributed by atoms with E-state index >= 15 is 0 Å². The molecular weight excluding hydrogens is 350 g/mol. The lowest BCUT2D eigenvalue weighted by Gasteiger charge is -2.38. The van der Waals surface area contributed by atoms with Gasteiger partial charge in [0.05, 0.1) is 0 Å². The van der Waals surface area contributed by atoms with Gasteiger partial charge in [0.25, 0.3) is 0 Å². The van der Waals surface area contributed by atoms with Gasteiger partial charge in [-0.05, 0) is 77.0 Å². The predicted molar refractivity (Wildman–Crippen MR) is 114 cm³/mol.